The molecule has 0 saturated carbocycles. The Morgan fingerprint density at radius 1 is 1.33 bits per heavy atom. The summed E-state index contributed by atoms with van der Waals surface area (Å²) in [6, 6.07) is 2.99. The fourth-order valence-corrected chi connectivity index (χ4v) is 4.03. The molecule has 2 rings (SSSR count). The van der Waals surface area contributed by atoms with Gasteiger partial charge in [-0.1, -0.05) is 11.6 Å². The fraction of sp³-hybridized carbons (Fsp3) is 0.417. The molecule has 1 amide bonds. The van der Waals surface area contributed by atoms with E-state index in [0.29, 0.717) is 0 Å². The number of benzene rings is 1. The van der Waals surface area contributed by atoms with Crippen LogP contribution < -0.4 is 5.32 Å². The topological polar surface area (TPSA) is 63.2 Å². The third kappa shape index (κ3) is 3.88. The van der Waals surface area contributed by atoms with Crippen molar-refractivity contribution in [3.63, 3.8) is 0 Å². The van der Waals surface area contributed by atoms with Gasteiger partial charge in [0.05, 0.1) is 28.0 Å². The zero-order valence-electron chi connectivity index (χ0n) is 10.6. The number of hydrogen-bond acceptors (Lipinski definition) is 3. The van der Waals surface area contributed by atoms with Gasteiger partial charge in [0.25, 0.3) is 0 Å². The summed E-state index contributed by atoms with van der Waals surface area (Å²) in [5.41, 5.74) is -1.12. The number of amides is 1. The average molecular weight is 342 g/mol. The molecular weight excluding hydrogens is 331 g/mol. The number of carbonyl (C=O) groups is 1. The van der Waals surface area contributed by atoms with Crippen molar-refractivity contribution in [2.75, 3.05) is 16.8 Å². The highest BCUT2D eigenvalue weighted by molar-refractivity contribution is 7.91. The van der Waals surface area contributed by atoms with Crippen LogP contribution in [0.2, 0.25) is 5.02 Å². The Hall–Kier alpha value is -1.28. The quantitative estimate of drug-likeness (QED) is 0.899. The average Bonchev–Trinajstić information content (AvgIpc) is 2.71. The smallest absolute Gasteiger partial charge is 0.326 e. The van der Waals surface area contributed by atoms with Crippen LogP contribution in [-0.2, 0) is 20.8 Å². The minimum absolute atomic E-state index is 0.0685. The first-order chi connectivity index (χ1) is 9.58. The number of carbonyl (C=O) groups excluding carboxylic acids is 1. The Labute approximate surface area is 124 Å². The fourth-order valence-electron chi connectivity index (χ4n) is 2.07. The lowest BCUT2D eigenvalue weighted by atomic mass is 10.1. The van der Waals surface area contributed by atoms with E-state index in [2.05, 4.69) is 5.32 Å². The summed E-state index contributed by atoms with van der Waals surface area (Å²) in [6.07, 6.45) is -4.46. The number of rotatable bonds is 2. The number of hydrogen-bond donors (Lipinski definition) is 1. The van der Waals surface area contributed by atoms with Gasteiger partial charge in [0.2, 0.25) is 5.91 Å². The Kier molecular flexibility index (Phi) is 4.21. The van der Waals surface area contributed by atoms with Crippen molar-refractivity contribution in [3.05, 3.63) is 28.8 Å². The SMILES string of the molecule is O=C(Nc1ccc(Cl)c(C(F)(F)F)c1)[C@H]1CCS(=O)(=O)C1. The van der Waals surface area contributed by atoms with Crippen LogP contribution in [0.1, 0.15) is 12.0 Å². The van der Waals surface area contributed by atoms with Crippen molar-refractivity contribution in [2.45, 2.75) is 12.6 Å². The predicted octanol–water partition coefficient (Wildman–Crippen LogP) is 2.73. The molecule has 1 N–H and O–H groups in total. The van der Waals surface area contributed by atoms with Crippen molar-refractivity contribution >= 4 is 33.0 Å². The minimum Gasteiger partial charge on any atom is -0.326 e. The van der Waals surface area contributed by atoms with Gasteiger partial charge >= 0.3 is 6.18 Å². The molecule has 1 aromatic rings. The highest BCUT2D eigenvalue weighted by Crippen LogP contribution is 2.36. The molecule has 0 aliphatic carbocycles. The number of sulfone groups is 1. The van der Waals surface area contributed by atoms with Crippen LogP contribution in [-0.4, -0.2) is 25.8 Å². The summed E-state index contributed by atoms with van der Waals surface area (Å²) < 4.78 is 60.6. The second-order valence-corrected chi connectivity index (χ2v) is 7.42. The van der Waals surface area contributed by atoms with Gasteiger partial charge in [-0.25, -0.2) is 8.42 Å². The number of alkyl halides is 3. The lowest BCUT2D eigenvalue weighted by Crippen LogP contribution is -2.24. The van der Waals surface area contributed by atoms with Gasteiger partial charge in [-0.2, -0.15) is 13.2 Å². The number of nitrogens with one attached hydrogen (secondary N) is 1. The molecule has 1 heterocycles. The molecule has 1 fully saturated rings. The lowest BCUT2D eigenvalue weighted by molar-refractivity contribution is -0.137. The van der Waals surface area contributed by atoms with E-state index in [1.54, 1.807) is 0 Å². The van der Waals surface area contributed by atoms with E-state index in [4.69, 9.17) is 11.6 Å². The van der Waals surface area contributed by atoms with Gasteiger partial charge < -0.3 is 5.32 Å². The van der Waals surface area contributed by atoms with E-state index in [1.807, 2.05) is 0 Å². The maximum Gasteiger partial charge on any atom is 0.417 e. The molecule has 4 nitrogen and oxygen atoms in total. The van der Waals surface area contributed by atoms with Crippen LogP contribution in [0.4, 0.5) is 18.9 Å². The Morgan fingerprint density at radius 2 is 2.00 bits per heavy atom. The molecule has 0 spiro atoms. The molecule has 21 heavy (non-hydrogen) atoms. The minimum atomic E-state index is -4.63. The summed E-state index contributed by atoms with van der Waals surface area (Å²) in [5.74, 6) is -1.70. The zero-order chi connectivity index (χ0) is 15.8. The van der Waals surface area contributed by atoms with Crippen LogP contribution in [0.3, 0.4) is 0 Å². The highest BCUT2D eigenvalue weighted by Gasteiger charge is 2.35. The first-order valence-electron chi connectivity index (χ1n) is 5.96. The largest absolute Gasteiger partial charge is 0.417 e. The van der Waals surface area contributed by atoms with E-state index in [0.717, 1.165) is 12.1 Å². The first kappa shape index (κ1) is 16.1. The van der Waals surface area contributed by atoms with Gasteiger partial charge in [-0.3, -0.25) is 4.79 Å². The zero-order valence-corrected chi connectivity index (χ0v) is 12.1. The molecule has 1 aliphatic heterocycles. The van der Waals surface area contributed by atoms with E-state index >= 15 is 0 Å². The first-order valence-corrected chi connectivity index (χ1v) is 8.16. The van der Waals surface area contributed by atoms with E-state index in [1.165, 1.54) is 6.07 Å². The monoisotopic (exact) mass is 341 g/mol. The summed E-state index contributed by atoms with van der Waals surface area (Å²) >= 11 is 5.47. The Bertz CT molecular complexity index is 673. The van der Waals surface area contributed by atoms with Gasteiger partial charge in [0, 0.05) is 5.69 Å². The Morgan fingerprint density at radius 3 is 2.52 bits per heavy atom. The second-order valence-electron chi connectivity index (χ2n) is 4.78. The van der Waals surface area contributed by atoms with Crippen molar-refractivity contribution < 1.29 is 26.4 Å². The summed E-state index contributed by atoms with van der Waals surface area (Å²) in [6.45, 7) is 0. The van der Waals surface area contributed by atoms with Crippen LogP contribution in [0.25, 0.3) is 0 Å². The number of halogens is 4. The third-order valence-corrected chi connectivity index (χ3v) is 5.24. The van der Waals surface area contributed by atoms with Gasteiger partial charge in [0.15, 0.2) is 9.84 Å². The molecule has 9 heteroatoms. The molecule has 1 aliphatic rings. The van der Waals surface area contributed by atoms with Crippen LogP contribution in [0, 0.1) is 5.92 Å². The molecule has 1 atom stereocenters. The van der Waals surface area contributed by atoms with E-state index in [9.17, 15) is 26.4 Å². The van der Waals surface area contributed by atoms with Crippen molar-refractivity contribution in [1.82, 2.24) is 0 Å². The third-order valence-electron chi connectivity index (χ3n) is 3.14. The van der Waals surface area contributed by atoms with Crippen LogP contribution >= 0.6 is 11.6 Å². The molecule has 0 aromatic heterocycles. The van der Waals surface area contributed by atoms with Gasteiger partial charge in [0.1, 0.15) is 0 Å². The molecule has 1 saturated heterocycles. The highest BCUT2D eigenvalue weighted by atomic mass is 35.5. The van der Waals surface area contributed by atoms with Gasteiger partial charge in [-0.15, -0.1) is 0 Å². The van der Waals surface area contributed by atoms with Crippen LogP contribution in [0.15, 0.2) is 18.2 Å². The van der Waals surface area contributed by atoms with Gasteiger partial charge in [-0.05, 0) is 24.6 Å². The van der Waals surface area contributed by atoms with Crippen molar-refractivity contribution in [2.24, 2.45) is 5.92 Å². The molecule has 1 aromatic carbocycles. The van der Waals surface area contributed by atoms with E-state index in [-0.39, 0.29) is 23.6 Å². The number of anilines is 1. The van der Waals surface area contributed by atoms with Crippen molar-refractivity contribution in [1.29, 1.82) is 0 Å². The van der Waals surface area contributed by atoms with Crippen LogP contribution in [0.5, 0.6) is 0 Å². The van der Waals surface area contributed by atoms with Crippen molar-refractivity contribution in [3.8, 4) is 0 Å². The summed E-state index contributed by atoms with van der Waals surface area (Å²) in [5, 5.41) is 1.83. The normalized spacial score (nSPS) is 21.2. The predicted molar refractivity (Wildman–Crippen MR) is 71.8 cm³/mol. The molecular formula is C12H11ClF3NO3S. The molecule has 0 unspecified atom stereocenters. The summed E-state index contributed by atoms with van der Waals surface area (Å²) in [4.78, 5) is 11.9. The Balaban J connectivity index is 2.15. The maximum absolute atomic E-state index is 12.7. The second kappa shape index (κ2) is 5.49. The molecule has 116 valence electrons. The molecule has 0 bridgehead atoms. The van der Waals surface area contributed by atoms with E-state index < -0.39 is 38.4 Å². The molecule has 0 radical (unpaired) electrons. The lowest BCUT2D eigenvalue weighted by Gasteiger charge is -2.13. The standard InChI is InChI=1S/C12H11ClF3NO3S/c13-10-2-1-8(5-9(10)12(14,15)16)17-11(18)7-3-4-21(19,20)6-7/h1-2,5,7H,3-4,6H2,(H,17,18)/t7-/m0/s1. The summed E-state index contributed by atoms with van der Waals surface area (Å²) in [7, 11) is -3.23. The maximum atomic E-state index is 12.7.